The summed E-state index contributed by atoms with van der Waals surface area (Å²) in [6, 6.07) is 11.9. The molecule has 0 radical (unpaired) electrons. The molecule has 38 heavy (non-hydrogen) atoms. The fourth-order valence-electron chi connectivity index (χ4n) is 5.68. The minimum atomic E-state index is -0.832. The van der Waals surface area contributed by atoms with Crippen molar-refractivity contribution in [1.82, 2.24) is 15.1 Å². The molecule has 2 aromatic heterocycles. The third-order valence-corrected chi connectivity index (χ3v) is 8.82. The Hall–Kier alpha value is -3.17. The van der Waals surface area contributed by atoms with Crippen LogP contribution >= 0.6 is 11.3 Å². The molecule has 2 fully saturated rings. The second-order valence-electron chi connectivity index (χ2n) is 10.8. The Labute approximate surface area is 226 Å². The largest absolute Gasteiger partial charge is 0.343 e. The summed E-state index contributed by atoms with van der Waals surface area (Å²) >= 11 is 1.59. The van der Waals surface area contributed by atoms with Gasteiger partial charge in [0, 0.05) is 55.9 Å². The maximum absolute atomic E-state index is 13.4. The molecular weight excluding hydrogens is 501 g/mol. The number of carbonyl (C=O) groups excluding carboxylic acids is 2. The molecule has 1 aromatic carbocycles. The average Bonchev–Trinajstić information content (AvgIpc) is 3.43. The van der Waals surface area contributed by atoms with Crippen LogP contribution in [0.3, 0.4) is 0 Å². The molecule has 0 atom stereocenters. The van der Waals surface area contributed by atoms with Crippen molar-refractivity contribution in [3.05, 3.63) is 52.7 Å². The summed E-state index contributed by atoms with van der Waals surface area (Å²) in [7, 11) is 1.85. The van der Waals surface area contributed by atoms with Crippen LogP contribution in [0.1, 0.15) is 57.4 Å². The van der Waals surface area contributed by atoms with E-state index in [9.17, 15) is 14.0 Å². The zero-order valence-electron chi connectivity index (χ0n) is 21.8. The number of alkyl halides is 1. The van der Waals surface area contributed by atoms with Crippen molar-refractivity contribution in [2.75, 3.05) is 12.4 Å². The maximum atomic E-state index is 13.4. The summed E-state index contributed by atoms with van der Waals surface area (Å²) in [4.78, 5) is 26.3. The van der Waals surface area contributed by atoms with E-state index in [1.54, 1.807) is 18.3 Å². The van der Waals surface area contributed by atoms with Gasteiger partial charge in [-0.15, -0.1) is 10.2 Å². The lowest BCUT2D eigenvalue weighted by atomic mass is 9.71. The Morgan fingerprint density at radius 1 is 1.11 bits per heavy atom. The van der Waals surface area contributed by atoms with E-state index in [1.807, 2.05) is 59.1 Å². The fraction of sp³-hybridized carbons (Fsp3) is 0.448. The van der Waals surface area contributed by atoms with Crippen molar-refractivity contribution in [3.8, 4) is 22.4 Å². The number of rotatable bonds is 7. The highest BCUT2D eigenvalue weighted by Gasteiger charge is 2.42. The van der Waals surface area contributed by atoms with Gasteiger partial charge in [-0.25, -0.2) is 4.39 Å². The lowest BCUT2D eigenvalue weighted by Crippen LogP contribution is -2.50. The van der Waals surface area contributed by atoms with Crippen LogP contribution in [0.25, 0.3) is 22.4 Å². The third kappa shape index (κ3) is 5.63. The molecule has 3 N–H and O–H groups in total. The Bertz CT molecular complexity index is 1280. The number of amides is 2. The van der Waals surface area contributed by atoms with Gasteiger partial charge in [0.2, 0.25) is 11.8 Å². The number of carbonyl (C=O) groups is 2. The van der Waals surface area contributed by atoms with E-state index in [-0.39, 0.29) is 17.9 Å². The van der Waals surface area contributed by atoms with Crippen LogP contribution in [0.5, 0.6) is 0 Å². The van der Waals surface area contributed by atoms with E-state index in [0.29, 0.717) is 36.7 Å². The molecule has 0 aliphatic heterocycles. The Kier molecular flexibility index (Phi) is 7.59. The average molecular weight is 536 g/mol. The van der Waals surface area contributed by atoms with Gasteiger partial charge in [-0.05, 0) is 65.6 Å². The number of hydrogen-bond acceptors (Lipinski definition) is 6. The number of thiophene rings is 1. The van der Waals surface area contributed by atoms with Gasteiger partial charge in [0.15, 0.2) is 5.82 Å². The molecule has 0 bridgehead atoms. The van der Waals surface area contributed by atoms with Crippen molar-refractivity contribution in [2.45, 2.75) is 69.6 Å². The lowest BCUT2D eigenvalue weighted by molar-refractivity contribution is -0.130. The van der Waals surface area contributed by atoms with Crippen LogP contribution in [0.2, 0.25) is 0 Å². The molecule has 5 rings (SSSR count). The first-order chi connectivity index (χ1) is 18.2. The molecule has 9 heteroatoms. The summed E-state index contributed by atoms with van der Waals surface area (Å²) in [6.45, 7) is 1.59. The standard InChI is InChI=1S/C29H34FN5O2S/c1-18(36)35(2)24-9-3-19(4-10-24)13-27(37)32-26-14-25(21-11-12-38-17-21)28(34-33-26)20-5-7-22(8-6-20)29(31)15-23(30)16-29/h5-8,11-12,14,17,19,23-24H,3-4,9-10,13,15-16,31H2,1-2H3,(H,32,33,37). The van der Waals surface area contributed by atoms with E-state index in [0.717, 1.165) is 47.9 Å². The van der Waals surface area contributed by atoms with Gasteiger partial charge in [0.05, 0.1) is 0 Å². The fourth-order valence-corrected chi connectivity index (χ4v) is 6.34. The van der Waals surface area contributed by atoms with Crippen molar-refractivity contribution in [2.24, 2.45) is 11.7 Å². The van der Waals surface area contributed by atoms with Crippen molar-refractivity contribution in [1.29, 1.82) is 0 Å². The number of halogens is 1. The monoisotopic (exact) mass is 535 g/mol. The van der Waals surface area contributed by atoms with Gasteiger partial charge >= 0.3 is 0 Å². The predicted molar refractivity (Wildman–Crippen MR) is 148 cm³/mol. The molecule has 2 saturated carbocycles. The summed E-state index contributed by atoms with van der Waals surface area (Å²) in [5.41, 5.74) is 10.2. The van der Waals surface area contributed by atoms with E-state index >= 15 is 0 Å². The molecule has 200 valence electrons. The quantitative estimate of drug-likeness (QED) is 0.415. The summed E-state index contributed by atoms with van der Waals surface area (Å²) < 4.78 is 13.4. The molecule has 0 saturated heterocycles. The Morgan fingerprint density at radius 3 is 2.42 bits per heavy atom. The van der Waals surface area contributed by atoms with E-state index < -0.39 is 11.7 Å². The molecule has 2 aliphatic carbocycles. The summed E-state index contributed by atoms with van der Waals surface area (Å²) in [5.74, 6) is 0.729. The molecule has 2 heterocycles. The van der Waals surface area contributed by atoms with Crippen LogP contribution in [0.15, 0.2) is 47.2 Å². The second kappa shape index (κ2) is 10.9. The lowest BCUT2D eigenvalue weighted by Gasteiger charge is -2.41. The highest BCUT2D eigenvalue weighted by atomic mass is 32.1. The minimum absolute atomic E-state index is 0.0732. The smallest absolute Gasteiger partial charge is 0.225 e. The van der Waals surface area contributed by atoms with Crippen LogP contribution in [-0.4, -0.2) is 46.2 Å². The van der Waals surface area contributed by atoms with Gasteiger partial charge in [0.1, 0.15) is 11.9 Å². The van der Waals surface area contributed by atoms with Crippen LogP contribution in [0, 0.1) is 5.92 Å². The SMILES string of the molecule is CC(=O)N(C)C1CCC(CC(=O)Nc2cc(-c3ccsc3)c(-c3ccc(C4(N)CC(F)C4)cc3)nn2)CC1. The van der Waals surface area contributed by atoms with Gasteiger partial charge in [-0.2, -0.15) is 11.3 Å². The van der Waals surface area contributed by atoms with E-state index in [4.69, 9.17) is 5.73 Å². The molecule has 0 spiro atoms. The normalized spacial score (nSPS) is 24.9. The minimum Gasteiger partial charge on any atom is -0.343 e. The predicted octanol–water partition coefficient (Wildman–Crippen LogP) is 5.52. The van der Waals surface area contributed by atoms with Crippen molar-refractivity contribution >= 4 is 29.0 Å². The van der Waals surface area contributed by atoms with Crippen molar-refractivity contribution < 1.29 is 14.0 Å². The first-order valence-corrected chi connectivity index (χ1v) is 14.1. The highest BCUT2D eigenvalue weighted by molar-refractivity contribution is 7.08. The molecule has 0 unspecified atom stereocenters. The van der Waals surface area contributed by atoms with Crippen molar-refractivity contribution in [3.63, 3.8) is 0 Å². The topological polar surface area (TPSA) is 101 Å². The number of benzene rings is 1. The number of aromatic nitrogens is 2. The molecule has 3 aromatic rings. The third-order valence-electron chi connectivity index (χ3n) is 8.13. The zero-order valence-corrected chi connectivity index (χ0v) is 22.6. The maximum Gasteiger partial charge on any atom is 0.225 e. The van der Waals surface area contributed by atoms with Crippen LogP contribution < -0.4 is 11.1 Å². The number of hydrogen-bond donors (Lipinski definition) is 2. The molecule has 2 amide bonds. The zero-order chi connectivity index (χ0) is 26.9. The highest BCUT2D eigenvalue weighted by Crippen LogP contribution is 2.42. The summed E-state index contributed by atoms with van der Waals surface area (Å²) in [5, 5.41) is 15.8. The van der Waals surface area contributed by atoms with Gasteiger partial charge in [-0.3, -0.25) is 9.59 Å². The van der Waals surface area contributed by atoms with Gasteiger partial charge in [0.25, 0.3) is 0 Å². The number of nitrogens with one attached hydrogen (secondary N) is 1. The molecule has 2 aliphatic rings. The first kappa shape index (κ1) is 26.4. The van der Waals surface area contributed by atoms with E-state index in [2.05, 4.69) is 15.5 Å². The molecular formula is C29H34FN5O2S. The second-order valence-corrected chi connectivity index (χ2v) is 11.6. The Balaban J connectivity index is 1.28. The number of nitrogens with two attached hydrogens (primary N) is 1. The van der Waals surface area contributed by atoms with Crippen LogP contribution in [-0.2, 0) is 15.1 Å². The number of nitrogens with zero attached hydrogens (tertiary/aromatic N) is 3. The number of anilines is 1. The first-order valence-electron chi connectivity index (χ1n) is 13.2. The van der Waals surface area contributed by atoms with Crippen LogP contribution in [0.4, 0.5) is 10.2 Å². The molecule has 7 nitrogen and oxygen atoms in total. The van der Waals surface area contributed by atoms with Gasteiger partial charge < -0.3 is 16.0 Å². The van der Waals surface area contributed by atoms with Gasteiger partial charge in [-0.1, -0.05) is 24.3 Å². The summed E-state index contributed by atoms with van der Waals surface area (Å²) in [6.07, 6.45) is 3.97. The van der Waals surface area contributed by atoms with E-state index in [1.165, 1.54) is 0 Å². The Morgan fingerprint density at radius 2 is 1.82 bits per heavy atom.